The van der Waals surface area contributed by atoms with Crippen molar-refractivity contribution in [2.45, 2.75) is 20.3 Å². The van der Waals surface area contributed by atoms with Gasteiger partial charge in [0, 0.05) is 13.1 Å². The van der Waals surface area contributed by atoms with Gasteiger partial charge in [-0.05, 0) is 30.4 Å². The van der Waals surface area contributed by atoms with Gasteiger partial charge in [0.25, 0.3) is 0 Å². The van der Waals surface area contributed by atoms with E-state index in [4.69, 9.17) is 5.73 Å². The third-order valence-corrected chi connectivity index (χ3v) is 2.96. The maximum absolute atomic E-state index is 5.63. The van der Waals surface area contributed by atoms with Crippen LogP contribution in [-0.4, -0.2) is 18.1 Å². The highest BCUT2D eigenvalue weighted by Crippen LogP contribution is 2.24. The summed E-state index contributed by atoms with van der Waals surface area (Å²) in [4.78, 5) is 6.73. The van der Waals surface area contributed by atoms with Gasteiger partial charge in [0.2, 0.25) is 0 Å². The van der Waals surface area contributed by atoms with Crippen LogP contribution in [-0.2, 0) is 0 Å². The normalized spacial score (nSPS) is 26.7. The Balaban J connectivity index is 2.12. The highest BCUT2D eigenvalue weighted by molar-refractivity contribution is 5.46. The summed E-state index contributed by atoms with van der Waals surface area (Å²) in [5.41, 5.74) is 6.36. The second-order valence-electron chi connectivity index (χ2n) is 4.80. The third-order valence-electron chi connectivity index (χ3n) is 2.96. The lowest BCUT2D eigenvalue weighted by atomic mass is 9.92. The Kier molecular flexibility index (Phi) is 2.80. The van der Waals surface area contributed by atoms with E-state index in [1.54, 1.807) is 6.20 Å². The van der Waals surface area contributed by atoms with E-state index >= 15 is 0 Å². The first-order chi connectivity index (χ1) is 7.15. The monoisotopic (exact) mass is 205 g/mol. The molecule has 0 amide bonds. The summed E-state index contributed by atoms with van der Waals surface area (Å²) in [6.07, 6.45) is 3.06. The predicted octanol–water partition coefficient (Wildman–Crippen LogP) is 2.15. The van der Waals surface area contributed by atoms with Gasteiger partial charge in [-0.3, -0.25) is 0 Å². The van der Waals surface area contributed by atoms with Crippen LogP contribution < -0.4 is 10.6 Å². The third kappa shape index (κ3) is 2.41. The van der Waals surface area contributed by atoms with Gasteiger partial charge in [-0.25, -0.2) is 4.98 Å². The van der Waals surface area contributed by atoms with Crippen molar-refractivity contribution in [3.63, 3.8) is 0 Å². The number of piperidine rings is 1. The number of hydrogen-bond acceptors (Lipinski definition) is 3. The predicted molar refractivity (Wildman–Crippen MR) is 63.8 cm³/mol. The number of nitrogens with two attached hydrogens (primary N) is 1. The maximum Gasteiger partial charge on any atom is 0.128 e. The van der Waals surface area contributed by atoms with E-state index in [2.05, 4.69) is 23.7 Å². The standard InChI is InChI=1S/C12H19N3/c1-9-5-10(2)8-15(7-9)12-4-3-11(13)6-14-12/h3-4,6,9-10H,5,7-8,13H2,1-2H3/t9-,10-/m0/s1. The van der Waals surface area contributed by atoms with Gasteiger partial charge in [-0.2, -0.15) is 0 Å². The average molecular weight is 205 g/mol. The van der Waals surface area contributed by atoms with E-state index in [1.807, 2.05) is 12.1 Å². The summed E-state index contributed by atoms with van der Waals surface area (Å²) in [6.45, 7) is 6.84. The summed E-state index contributed by atoms with van der Waals surface area (Å²) in [7, 11) is 0. The summed E-state index contributed by atoms with van der Waals surface area (Å²) < 4.78 is 0. The molecule has 1 saturated heterocycles. The van der Waals surface area contributed by atoms with Crippen molar-refractivity contribution >= 4 is 11.5 Å². The Bertz CT molecular complexity index is 310. The average Bonchev–Trinajstić information content (AvgIpc) is 2.17. The van der Waals surface area contributed by atoms with Crippen LogP contribution in [0.15, 0.2) is 18.3 Å². The van der Waals surface area contributed by atoms with Crippen molar-refractivity contribution in [3.05, 3.63) is 18.3 Å². The van der Waals surface area contributed by atoms with Crippen molar-refractivity contribution in [2.75, 3.05) is 23.7 Å². The number of hydrogen-bond donors (Lipinski definition) is 1. The largest absolute Gasteiger partial charge is 0.397 e. The molecule has 1 aliphatic rings. The molecule has 0 aromatic carbocycles. The Morgan fingerprint density at radius 1 is 1.27 bits per heavy atom. The Labute approximate surface area is 91.3 Å². The summed E-state index contributed by atoms with van der Waals surface area (Å²) >= 11 is 0. The van der Waals surface area contributed by atoms with Crippen LogP contribution in [0.5, 0.6) is 0 Å². The van der Waals surface area contributed by atoms with E-state index in [0.29, 0.717) is 0 Å². The first kappa shape index (κ1) is 10.3. The minimum atomic E-state index is 0.733. The SMILES string of the molecule is C[C@H]1C[C@H](C)CN(c2ccc(N)cn2)C1. The molecule has 1 fully saturated rings. The zero-order chi connectivity index (χ0) is 10.8. The number of rotatable bonds is 1. The second kappa shape index (κ2) is 4.09. The molecule has 82 valence electrons. The van der Waals surface area contributed by atoms with Crippen molar-refractivity contribution in [1.29, 1.82) is 0 Å². The van der Waals surface area contributed by atoms with Crippen molar-refractivity contribution in [3.8, 4) is 0 Å². The van der Waals surface area contributed by atoms with Gasteiger partial charge >= 0.3 is 0 Å². The lowest BCUT2D eigenvalue weighted by molar-refractivity contribution is 0.355. The van der Waals surface area contributed by atoms with Crippen LogP contribution in [0, 0.1) is 11.8 Å². The molecule has 3 heteroatoms. The van der Waals surface area contributed by atoms with Gasteiger partial charge < -0.3 is 10.6 Å². The molecule has 0 aliphatic carbocycles. The fourth-order valence-electron chi connectivity index (χ4n) is 2.43. The van der Waals surface area contributed by atoms with Crippen LogP contribution in [0.2, 0.25) is 0 Å². The highest BCUT2D eigenvalue weighted by atomic mass is 15.2. The molecule has 0 bridgehead atoms. The van der Waals surface area contributed by atoms with Crippen LogP contribution in [0.4, 0.5) is 11.5 Å². The fourth-order valence-corrected chi connectivity index (χ4v) is 2.43. The molecular weight excluding hydrogens is 186 g/mol. The Hall–Kier alpha value is -1.25. The summed E-state index contributed by atoms with van der Waals surface area (Å²) in [5, 5.41) is 0. The van der Waals surface area contributed by atoms with Crippen LogP contribution in [0.3, 0.4) is 0 Å². The van der Waals surface area contributed by atoms with E-state index in [9.17, 15) is 0 Å². The minimum Gasteiger partial charge on any atom is -0.397 e. The Morgan fingerprint density at radius 2 is 1.93 bits per heavy atom. The summed E-state index contributed by atoms with van der Waals surface area (Å²) in [6, 6.07) is 3.94. The zero-order valence-electron chi connectivity index (χ0n) is 9.48. The van der Waals surface area contributed by atoms with Gasteiger partial charge in [0.1, 0.15) is 5.82 Å². The smallest absolute Gasteiger partial charge is 0.128 e. The van der Waals surface area contributed by atoms with E-state index in [0.717, 1.165) is 36.4 Å². The lowest BCUT2D eigenvalue weighted by Gasteiger charge is -2.35. The van der Waals surface area contributed by atoms with E-state index in [1.165, 1.54) is 6.42 Å². The van der Waals surface area contributed by atoms with Crippen LogP contribution in [0.1, 0.15) is 20.3 Å². The van der Waals surface area contributed by atoms with Gasteiger partial charge in [0.15, 0.2) is 0 Å². The summed E-state index contributed by atoms with van der Waals surface area (Å²) in [5.74, 6) is 2.57. The van der Waals surface area contributed by atoms with Crippen LogP contribution in [0.25, 0.3) is 0 Å². The quantitative estimate of drug-likeness (QED) is 0.763. The van der Waals surface area contributed by atoms with Crippen molar-refractivity contribution in [2.24, 2.45) is 11.8 Å². The Morgan fingerprint density at radius 3 is 2.47 bits per heavy atom. The second-order valence-corrected chi connectivity index (χ2v) is 4.80. The molecule has 0 radical (unpaired) electrons. The molecule has 2 N–H and O–H groups in total. The molecule has 2 atom stereocenters. The molecule has 0 spiro atoms. The molecule has 3 nitrogen and oxygen atoms in total. The topological polar surface area (TPSA) is 42.1 Å². The number of nitrogen functional groups attached to an aromatic ring is 1. The van der Waals surface area contributed by atoms with E-state index in [-0.39, 0.29) is 0 Å². The minimum absolute atomic E-state index is 0.733. The maximum atomic E-state index is 5.63. The first-order valence-corrected chi connectivity index (χ1v) is 5.61. The number of anilines is 2. The van der Waals surface area contributed by atoms with Crippen molar-refractivity contribution in [1.82, 2.24) is 4.98 Å². The molecular formula is C12H19N3. The molecule has 1 aromatic rings. The number of pyridine rings is 1. The molecule has 1 aromatic heterocycles. The molecule has 2 heterocycles. The van der Waals surface area contributed by atoms with Crippen LogP contribution >= 0.6 is 0 Å². The van der Waals surface area contributed by atoms with Gasteiger partial charge in [0.05, 0.1) is 11.9 Å². The van der Waals surface area contributed by atoms with Gasteiger partial charge in [-0.15, -0.1) is 0 Å². The molecule has 0 unspecified atom stereocenters. The highest BCUT2D eigenvalue weighted by Gasteiger charge is 2.22. The fraction of sp³-hybridized carbons (Fsp3) is 0.583. The van der Waals surface area contributed by atoms with Gasteiger partial charge in [-0.1, -0.05) is 13.8 Å². The molecule has 15 heavy (non-hydrogen) atoms. The zero-order valence-corrected chi connectivity index (χ0v) is 9.48. The molecule has 1 aliphatic heterocycles. The van der Waals surface area contributed by atoms with Crippen molar-refractivity contribution < 1.29 is 0 Å². The molecule has 0 saturated carbocycles. The number of aromatic nitrogens is 1. The number of nitrogens with zero attached hydrogens (tertiary/aromatic N) is 2. The molecule has 2 rings (SSSR count). The first-order valence-electron chi connectivity index (χ1n) is 5.61. The lowest BCUT2D eigenvalue weighted by Crippen LogP contribution is -2.39. The van der Waals surface area contributed by atoms with E-state index < -0.39 is 0 Å².